The quantitative estimate of drug-likeness (QED) is 0.916. The lowest BCUT2D eigenvalue weighted by atomic mass is 10.2. The van der Waals surface area contributed by atoms with E-state index in [1.165, 1.54) is 0 Å². The number of hydrogen-bond donors (Lipinski definition) is 1. The normalized spacial score (nSPS) is 10.2. The number of ether oxygens (including phenoxy) is 1. The molecule has 0 spiro atoms. The fraction of sp³-hybridized carbons (Fsp3) is 0.312. The molecule has 21 heavy (non-hydrogen) atoms. The van der Waals surface area contributed by atoms with E-state index in [9.17, 15) is 4.79 Å². The predicted molar refractivity (Wildman–Crippen MR) is 81.7 cm³/mol. The van der Waals surface area contributed by atoms with Crippen LogP contribution in [0.1, 0.15) is 35.1 Å². The van der Waals surface area contributed by atoms with Gasteiger partial charge in [0.2, 0.25) is 5.95 Å². The Morgan fingerprint density at radius 2 is 1.90 bits per heavy atom. The SMILES string of the molecule is CCCOc1cccc(C(=O)Nc2nc(C)cc(C)n2)c1. The zero-order valence-electron chi connectivity index (χ0n) is 12.5. The van der Waals surface area contributed by atoms with Crippen LogP contribution in [-0.2, 0) is 0 Å². The summed E-state index contributed by atoms with van der Waals surface area (Å²) in [5.41, 5.74) is 2.15. The number of carbonyl (C=O) groups is 1. The zero-order valence-corrected chi connectivity index (χ0v) is 12.5. The van der Waals surface area contributed by atoms with E-state index in [2.05, 4.69) is 15.3 Å². The molecular formula is C16H19N3O2. The van der Waals surface area contributed by atoms with E-state index in [0.717, 1.165) is 17.8 Å². The van der Waals surface area contributed by atoms with Gasteiger partial charge in [-0.15, -0.1) is 0 Å². The van der Waals surface area contributed by atoms with Crippen molar-refractivity contribution >= 4 is 11.9 Å². The van der Waals surface area contributed by atoms with E-state index in [1.807, 2.05) is 32.9 Å². The number of aromatic nitrogens is 2. The molecule has 0 aliphatic rings. The van der Waals surface area contributed by atoms with E-state index < -0.39 is 0 Å². The molecule has 1 N–H and O–H groups in total. The third-order valence-electron chi connectivity index (χ3n) is 2.78. The van der Waals surface area contributed by atoms with Gasteiger partial charge in [-0.3, -0.25) is 10.1 Å². The second-order valence-electron chi connectivity index (χ2n) is 4.80. The number of anilines is 1. The van der Waals surface area contributed by atoms with Crippen LogP contribution in [-0.4, -0.2) is 22.5 Å². The summed E-state index contributed by atoms with van der Waals surface area (Å²) in [5.74, 6) is 0.755. The molecule has 5 nitrogen and oxygen atoms in total. The molecule has 110 valence electrons. The Kier molecular flexibility index (Phi) is 4.87. The molecule has 0 saturated carbocycles. The van der Waals surface area contributed by atoms with Crippen LogP contribution in [0.25, 0.3) is 0 Å². The molecule has 0 atom stereocenters. The van der Waals surface area contributed by atoms with Gasteiger partial charge in [0.05, 0.1) is 6.61 Å². The molecule has 0 saturated heterocycles. The van der Waals surface area contributed by atoms with Crippen molar-refractivity contribution in [2.24, 2.45) is 0 Å². The maximum atomic E-state index is 12.2. The number of rotatable bonds is 5. The lowest BCUT2D eigenvalue weighted by molar-refractivity contribution is 0.102. The van der Waals surface area contributed by atoms with Crippen molar-refractivity contribution in [3.05, 3.63) is 47.3 Å². The molecule has 1 aromatic heterocycles. The Morgan fingerprint density at radius 1 is 1.19 bits per heavy atom. The van der Waals surface area contributed by atoms with Gasteiger partial charge in [0.15, 0.2) is 0 Å². The molecular weight excluding hydrogens is 266 g/mol. The number of nitrogens with one attached hydrogen (secondary N) is 1. The number of nitrogens with zero attached hydrogens (tertiary/aromatic N) is 2. The number of amides is 1. The first-order valence-electron chi connectivity index (χ1n) is 6.95. The maximum Gasteiger partial charge on any atom is 0.258 e. The molecule has 0 unspecified atom stereocenters. The standard InChI is InChI=1S/C16H19N3O2/c1-4-8-21-14-7-5-6-13(10-14)15(20)19-16-17-11(2)9-12(3)18-16/h5-7,9-10H,4,8H2,1-3H3,(H,17,18,19,20). The van der Waals surface area contributed by atoms with Gasteiger partial charge < -0.3 is 4.74 Å². The highest BCUT2D eigenvalue weighted by Gasteiger charge is 2.09. The molecule has 0 fully saturated rings. The second-order valence-corrected chi connectivity index (χ2v) is 4.80. The third kappa shape index (κ3) is 4.27. The first-order valence-corrected chi connectivity index (χ1v) is 6.95. The van der Waals surface area contributed by atoms with E-state index in [-0.39, 0.29) is 5.91 Å². The van der Waals surface area contributed by atoms with Gasteiger partial charge >= 0.3 is 0 Å². The van der Waals surface area contributed by atoms with Crippen LogP contribution in [0.5, 0.6) is 5.75 Å². The van der Waals surface area contributed by atoms with E-state index >= 15 is 0 Å². The van der Waals surface area contributed by atoms with Crippen molar-refractivity contribution in [3.8, 4) is 5.75 Å². The van der Waals surface area contributed by atoms with Gasteiger partial charge in [0.1, 0.15) is 5.75 Å². The fourth-order valence-electron chi connectivity index (χ4n) is 1.90. The Hall–Kier alpha value is -2.43. The summed E-state index contributed by atoms with van der Waals surface area (Å²) in [7, 11) is 0. The van der Waals surface area contributed by atoms with Crippen LogP contribution in [0, 0.1) is 13.8 Å². The average Bonchev–Trinajstić information content (AvgIpc) is 2.44. The van der Waals surface area contributed by atoms with Crippen molar-refractivity contribution in [1.29, 1.82) is 0 Å². The summed E-state index contributed by atoms with van der Waals surface area (Å²) < 4.78 is 5.52. The van der Waals surface area contributed by atoms with Crippen LogP contribution in [0.3, 0.4) is 0 Å². The first kappa shape index (κ1) is 15.0. The second kappa shape index (κ2) is 6.83. The molecule has 1 aromatic carbocycles. The summed E-state index contributed by atoms with van der Waals surface area (Å²) in [6.07, 6.45) is 0.923. The first-order chi connectivity index (χ1) is 10.1. The van der Waals surface area contributed by atoms with Gasteiger partial charge in [-0.05, 0) is 44.5 Å². The Bertz CT molecular complexity index is 621. The molecule has 0 aliphatic heterocycles. The summed E-state index contributed by atoms with van der Waals surface area (Å²) in [6, 6.07) is 8.93. The molecule has 5 heteroatoms. The monoisotopic (exact) mass is 285 g/mol. The summed E-state index contributed by atoms with van der Waals surface area (Å²) in [6.45, 7) is 6.40. The highest BCUT2D eigenvalue weighted by Crippen LogP contribution is 2.15. The molecule has 0 bridgehead atoms. The average molecular weight is 285 g/mol. The zero-order chi connectivity index (χ0) is 15.2. The van der Waals surface area contributed by atoms with Gasteiger partial charge in [-0.1, -0.05) is 13.0 Å². The summed E-state index contributed by atoms with van der Waals surface area (Å²) >= 11 is 0. The summed E-state index contributed by atoms with van der Waals surface area (Å²) in [4.78, 5) is 20.6. The van der Waals surface area contributed by atoms with Crippen molar-refractivity contribution in [2.75, 3.05) is 11.9 Å². The molecule has 0 radical (unpaired) electrons. The molecule has 1 amide bonds. The minimum absolute atomic E-state index is 0.248. The highest BCUT2D eigenvalue weighted by molar-refractivity contribution is 6.03. The van der Waals surface area contributed by atoms with Gasteiger partial charge in [-0.25, -0.2) is 9.97 Å². The van der Waals surface area contributed by atoms with Crippen molar-refractivity contribution < 1.29 is 9.53 Å². The predicted octanol–water partition coefficient (Wildman–Crippen LogP) is 3.13. The molecule has 2 aromatic rings. The summed E-state index contributed by atoms with van der Waals surface area (Å²) in [5, 5.41) is 2.71. The molecule has 1 heterocycles. The lowest BCUT2D eigenvalue weighted by Crippen LogP contribution is -2.15. The highest BCUT2D eigenvalue weighted by atomic mass is 16.5. The van der Waals surface area contributed by atoms with Crippen LogP contribution in [0.2, 0.25) is 0 Å². The minimum Gasteiger partial charge on any atom is -0.494 e. The minimum atomic E-state index is -0.248. The van der Waals surface area contributed by atoms with Gasteiger partial charge in [0, 0.05) is 17.0 Å². The maximum absolute atomic E-state index is 12.2. The molecule has 0 aliphatic carbocycles. The fourth-order valence-corrected chi connectivity index (χ4v) is 1.90. The molecule has 2 rings (SSSR count). The Labute approximate surface area is 124 Å². The number of hydrogen-bond acceptors (Lipinski definition) is 4. The van der Waals surface area contributed by atoms with Gasteiger partial charge in [-0.2, -0.15) is 0 Å². The lowest BCUT2D eigenvalue weighted by Gasteiger charge is -2.08. The Balaban J connectivity index is 2.12. The van der Waals surface area contributed by atoms with E-state index in [1.54, 1.807) is 18.2 Å². The van der Waals surface area contributed by atoms with Crippen LogP contribution < -0.4 is 10.1 Å². The topological polar surface area (TPSA) is 64.1 Å². The Morgan fingerprint density at radius 3 is 2.57 bits per heavy atom. The third-order valence-corrected chi connectivity index (χ3v) is 2.78. The number of benzene rings is 1. The largest absolute Gasteiger partial charge is 0.494 e. The van der Waals surface area contributed by atoms with E-state index in [4.69, 9.17) is 4.74 Å². The van der Waals surface area contributed by atoms with Crippen molar-refractivity contribution in [3.63, 3.8) is 0 Å². The number of carbonyl (C=O) groups excluding carboxylic acids is 1. The van der Waals surface area contributed by atoms with Crippen molar-refractivity contribution in [2.45, 2.75) is 27.2 Å². The van der Waals surface area contributed by atoms with Crippen LogP contribution in [0.4, 0.5) is 5.95 Å². The van der Waals surface area contributed by atoms with Crippen LogP contribution in [0.15, 0.2) is 30.3 Å². The van der Waals surface area contributed by atoms with Crippen LogP contribution >= 0.6 is 0 Å². The smallest absolute Gasteiger partial charge is 0.258 e. The van der Waals surface area contributed by atoms with Crippen molar-refractivity contribution in [1.82, 2.24) is 9.97 Å². The van der Waals surface area contributed by atoms with E-state index in [0.29, 0.717) is 23.9 Å². The number of aryl methyl sites for hydroxylation is 2. The van der Waals surface area contributed by atoms with Gasteiger partial charge in [0.25, 0.3) is 5.91 Å².